The number of rotatable bonds is 7. The second-order valence-corrected chi connectivity index (χ2v) is 9.74. The van der Waals surface area contributed by atoms with Gasteiger partial charge in [-0.3, -0.25) is 15.1 Å². The fourth-order valence-electron chi connectivity index (χ4n) is 3.50. The molecule has 0 unspecified atom stereocenters. The number of amides is 1. The summed E-state index contributed by atoms with van der Waals surface area (Å²) in [6.45, 7) is 0. The standard InChI is InChI=1S/C21H22N4O4S2/c1-29-18-9-8-14(11-19(18)31(27,28)25-16-6-2-3-7-16)20(26)24-21-23-17(13-30-21)15-5-4-10-22-12-15/h4-5,8-13,16,25H,2-3,6-7H2,1H3,(H,23,24,26). The van der Waals surface area contributed by atoms with E-state index in [2.05, 4.69) is 20.0 Å². The molecule has 3 aromatic rings. The van der Waals surface area contributed by atoms with Crippen molar-refractivity contribution in [2.45, 2.75) is 36.6 Å². The number of nitrogens with one attached hydrogen (secondary N) is 2. The Hall–Kier alpha value is -2.82. The van der Waals surface area contributed by atoms with Crippen LogP contribution in [0.4, 0.5) is 5.13 Å². The summed E-state index contributed by atoms with van der Waals surface area (Å²) in [4.78, 5) is 21.2. The minimum absolute atomic E-state index is 0.0512. The molecule has 4 rings (SSSR count). The van der Waals surface area contributed by atoms with Crippen LogP contribution in [0.1, 0.15) is 36.0 Å². The molecule has 1 amide bonds. The van der Waals surface area contributed by atoms with Crippen molar-refractivity contribution < 1.29 is 17.9 Å². The summed E-state index contributed by atoms with van der Waals surface area (Å²) in [7, 11) is -2.42. The Morgan fingerprint density at radius 3 is 2.74 bits per heavy atom. The van der Waals surface area contributed by atoms with Crippen LogP contribution >= 0.6 is 11.3 Å². The molecule has 2 aromatic heterocycles. The molecule has 0 aliphatic heterocycles. The molecule has 1 aliphatic rings. The third-order valence-corrected chi connectivity index (χ3v) is 7.37. The second kappa shape index (κ2) is 9.13. The Labute approximate surface area is 184 Å². The zero-order chi connectivity index (χ0) is 21.8. The lowest BCUT2D eigenvalue weighted by molar-refractivity contribution is 0.102. The van der Waals surface area contributed by atoms with Gasteiger partial charge in [0.2, 0.25) is 10.0 Å². The van der Waals surface area contributed by atoms with E-state index in [1.165, 1.54) is 36.6 Å². The van der Waals surface area contributed by atoms with Gasteiger partial charge in [-0.25, -0.2) is 18.1 Å². The lowest BCUT2D eigenvalue weighted by Crippen LogP contribution is -2.33. The van der Waals surface area contributed by atoms with Crippen molar-refractivity contribution in [1.29, 1.82) is 0 Å². The number of anilines is 1. The summed E-state index contributed by atoms with van der Waals surface area (Å²) in [6.07, 6.45) is 6.99. The molecular weight excluding hydrogens is 436 g/mol. The van der Waals surface area contributed by atoms with Gasteiger partial charge in [0, 0.05) is 34.9 Å². The monoisotopic (exact) mass is 458 g/mol. The highest BCUT2D eigenvalue weighted by Gasteiger charge is 2.26. The summed E-state index contributed by atoms with van der Waals surface area (Å²) < 4.78 is 33.8. The van der Waals surface area contributed by atoms with E-state index in [-0.39, 0.29) is 22.3 Å². The third-order valence-electron chi connectivity index (χ3n) is 5.07. The fourth-order valence-corrected chi connectivity index (χ4v) is 5.72. The molecule has 2 heterocycles. The number of carbonyl (C=O) groups is 1. The van der Waals surface area contributed by atoms with Gasteiger partial charge < -0.3 is 4.74 Å². The highest BCUT2D eigenvalue weighted by molar-refractivity contribution is 7.89. The van der Waals surface area contributed by atoms with Crippen LogP contribution in [0.2, 0.25) is 0 Å². The van der Waals surface area contributed by atoms with Gasteiger partial charge in [-0.15, -0.1) is 11.3 Å². The highest BCUT2D eigenvalue weighted by atomic mass is 32.2. The molecular formula is C21H22N4O4S2. The number of hydrogen-bond acceptors (Lipinski definition) is 7. The van der Waals surface area contributed by atoms with Crippen molar-refractivity contribution in [3.63, 3.8) is 0 Å². The first kappa shape index (κ1) is 21.4. The minimum Gasteiger partial charge on any atom is -0.495 e. The molecule has 1 aromatic carbocycles. The maximum atomic E-state index is 12.9. The van der Waals surface area contributed by atoms with Crippen LogP contribution in [0.25, 0.3) is 11.3 Å². The number of thiazole rings is 1. The summed E-state index contributed by atoms with van der Waals surface area (Å²) in [5, 5.41) is 4.96. The molecule has 162 valence electrons. The van der Waals surface area contributed by atoms with Crippen LogP contribution in [-0.2, 0) is 10.0 Å². The molecule has 10 heteroatoms. The predicted octanol–water partition coefficient (Wildman–Crippen LogP) is 3.69. The minimum atomic E-state index is -3.82. The molecule has 0 bridgehead atoms. The van der Waals surface area contributed by atoms with E-state index in [0.29, 0.717) is 10.8 Å². The summed E-state index contributed by atoms with van der Waals surface area (Å²) >= 11 is 1.28. The van der Waals surface area contributed by atoms with E-state index in [4.69, 9.17) is 4.74 Å². The van der Waals surface area contributed by atoms with E-state index < -0.39 is 15.9 Å². The Balaban J connectivity index is 1.55. The number of ether oxygens (including phenoxy) is 1. The lowest BCUT2D eigenvalue weighted by atomic mass is 10.2. The molecule has 2 N–H and O–H groups in total. The summed E-state index contributed by atoms with van der Waals surface area (Å²) in [5.74, 6) is -0.262. The van der Waals surface area contributed by atoms with Gasteiger partial charge in [0.05, 0.1) is 12.8 Å². The Bertz CT molecular complexity index is 1170. The van der Waals surface area contributed by atoms with Gasteiger partial charge >= 0.3 is 0 Å². The first-order valence-electron chi connectivity index (χ1n) is 9.84. The zero-order valence-electron chi connectivity index (χ0n) is 16.9. The van der Waals surface area contributed by atoms with E-state index in [9.17, 15) is 13.2 Å². The first-order chi connectivity index (χ1) is 15.0. The highest BCUT2D eigenvalue weighted by Crippen LogP contribution is 2.28. The number of carbonyl (C=O) groups excluding carboxylic acids is 1. The Kier molecular flexibility index (Phi) is 6.30. The SMILES string of the molecule is COc1ccc(C(=O)Nc2nc(-c3cccnc3)cs2)cc1S(=O)(=O)NC1CCCC1. The molecule has 8 nitrogen and oxygen atoms in total. The van der Waals surface area contributed by atoms with Crippen LogP contribution < -0.4 is 14.8 Å². The van der Waals surface area contributed by atoms with Crippen LogP contribution in [0, 0.1) is 0 Å². The largest absolute Gasteiger partial charge is 0.495 e. The van der Waals surface area contributed by atoms with Crippen molar-refractivity contribution in [2.75, 3.05) is 12.4 Å². The van der Waals surface area contributed by atoms with Crippen LogP contribution in [0.5, 0.6) is 5.75 Å². The maximum absolute atomic E-state index is 12.9. The van der Waals surface area contributed by atoms with Gasteiger partial charge in [-0.1, -0.05) is 12.8 Å². The van der Waals surface area contributed by atoms with Crippen LogP contribution in [0.15, 0.2) is 53.0 Å². The van der Waals surface area contributed by atoms with Gasteiger partial charge in [-0.05, 0) is 43.2 Å². The van der Waals surface area contributed by atoms with Crippen molar-refractivity contribution in [2.24, 2.45) is 0 Å². The number of methoxy groups -OCH3 is 1. The number of pyridine rings is 1. The second-order valence-electron chi connectivity index (χ2n) is 7.20. The van der Waals surface area contributed by atoms with Crippen molar-refractivity contribution in [1.82, 2.24) is 14.7 Å². The predicted molar refractivity (Wildman–Crippen MR) is 119 cm³/mol. The molecule has 31 heavy (non-hydrogen) atoms. The molecule has 1 aliphatic carbocycles. The molecule has 0 radical (unpaired) electrons. The smallest absolute Gasteiger partial charge is 0.257 e. The van der Waals surface area contributed by atoms with Gasteiger partial charge in [-0.2, -0.15) is 0 Å². The molecule has 1 fully saturated rings. The van der Waals surface area contributed by atoms with Crippen molar-refractivity contribution >= 4 is 32.4 Å². The molecule has 0 saturated heterocycles. The number of hydrogen-bond donors (Lipinski definition) is 2. The first-order valence-corrected chi connectivity index (χ1v) is 12.2. The third kappa shape index (κ3) is 4.92. The number of benzene rings is 1. The summed E-state index contributed by atoms with van der Waals surface area (Å²) in [6, 6.07) is 7.95. The van der Waals surface area contributed by atoms with E-state index in [1.54, 1.807) is 12.4 Å². The number of aromatic nitrogens is 2. The van der Waals surface area contributed by atoms with Crippen LogP contribution in [0.3, 0.4) is 0 Å². The van der Waals surface area contributed by atoms with Crippen molar-refractivity contribution in [3.05, 3.63) is 53.7 Å². The van der Waals surface area contributed by atoms with Gasteiger partial charge in [0.25, 0.3) is 5.91 Å². The number of nitrogens with zero attached hydrogens (tertiary/aromatic N) is 2. The lowest BCUT2D eigenvalue weighted by Gasteiger charge is -2.15. The maximum Gasteiger partial charge on any atom is 0.257 e. The average Bonchev–Trinajstić information content (AvgIpc) is 3.46. The molecule has 1 saturated carbocycles. The zero-order valence-corrected chi connectivity index (χ0v) is 18.5. The Morgan fingerprint density at radius 2 is 2.03 bits per heavy atom. The topological polar surface area (TPSA) is 110 Å². The fraction of sp³-hybridized carbons (Fsp3) is 0.286. The van der Waals surface area contributed by atoms with Gasteiger partial charge in [0.1, 0.15) is 10.6 Å². The molecule has 0 atom stereocenters. The Morgan fingerprint density at radius 1 is 1.23 bits per heavy atom. The normalized spacial score (nSPS) is 14.5. The van der Waals surface area contributed by atoms with E-state index >= 15 is 0 Å². The quantitative estimate of drug-likeness (QED) is 0.559. The van der Waals surface area contributed by atoms with Crippen molar-refractivity contribution in [3.8, 4) is 17.0 Å². The van der Waals surface area contributed by atoms with E-state index in [0.717, 1.165) is 31.2 Å². The van der Waals surface area contributed by atoms with Gasteiger partial charge in [0.15, 0.2) is 5.13 Å². The number of sulfonamides is 1. The average molecular weight is 459 g/mol. The van der Waals surface area contributed by atoms with Crippen LogP contribution in [-0.4, -0.2) is 37.4 Å². The molecule has 0 spiro atoms. The summed E-state index contributed by atoms with van der Waals surface area (Å²) in [5.41, 5.74) is 1.74. The van der Waals surface area contributed by atoms with E-state index in [1.807, 2.05) is 17.5 Å².